The number of fused-ring (bicyclic) bond motifs is 10. The Morgan fingerprint density at radius 2 is 0.525 bits per heavy atom. The van der Waals surface area contributed by atoms with Crippen molar-refractivity contribution in [1.82, 2.24) is 43.8 Å². The molecule has 0 aliphatic rings. The molecule has 0 bridgehead atoms. The van der Waals surface area contributed by atoms with Gasteiger partial charge in [0.05, 0.1) is 44.5 Å². The van der Waals surface area contributed by atoms with Gasteiger partial charge in [-0.05, 0) is 153 Å². The van der Waals surface area contributed by atoms with Crippen molar-refractivity contribution in [3.05, 3.63) is 346 Å². The van der Waals surface area contributed by atoms with E-state index in [1.54, 1.807) is 0 Å². The van der Waals surface area contributed by atoms with Gasteiger partial charge in [-0.3, -0.25) is 4.57 Å². The van der Waals surface area contributed by atoms with Crippen molar-refractivity contribution in [2.24, 2.45) is 0 Å². The third-order valence-electron chi connectivity index (χ3n) is 20.0. The lowest BCUT2D eigenvalue weighted by atomic mass is 9.98. The van der Waals surface area contributed by atoms with E-state index in [9.17, 15) is 0 Å². The van der Waals surface area contributed by atoms with Crippen molar-refractivity contribution >= 4 is 87.0 Å². The summed E-state index contributed by atoms with van der Waals surface area (Å²) >= 11 is 0. The third kappa shape index (κ3) is 9.85. The summed E-state index contributed by atoms with van der Waals surface area (Å²) < 4.78 is 6.90. The molecule has 0 unspecified atom stereocenters. The van der Waals surface area contributed by atoms with Crippen molar-refractivity contribution in [1.29, 1.82) is 0 Å². The first-order chi connectivity index (χ1) is 50.0. The Hall–Kier alpha value is -13.8. The molecular formula is C92H57N9. The summed E-state index contributed by atoms with van der Waals surface area (Å²) in [5.74, 6) is 2.78. The Morgan fingerprint density at radius 3 is 0.980 bits per heavy atom. The molecule has 5 heterocycles. The fourth-order valence-corrected chi connectivity index (χ4v) is 15.0. The molecule has 0 aliphatic carbocycles. The molecule has 101 heavy (non-hydrogen) atoms. The molecule has 0 saturated heterocycles. The minimum atomic E-state index is 0.665. The molecule has 0 aliphatic heterocycles. The van der Waals surface area contributed by atoms with Crippen LogP contribution >= 0.6 is 0 Å². The summed E-state index contributed by atoms with van der Waals surface area (Å²) in [4.78, 5) is 21.0. The predicted octanol–water partition coefficient (Wildman–Crippen LogP) is 23.0. The van der Waals surface area contributed by atoms with Gasteiger partial charge < -0.3 is 9.13 Å². The van der Waals surface area contributed by atoms with Crippen LogP contribution < -0.4 is 0 Å². The van der Waals surface area contributed by atoms with Gasteiger partial charge in [-0.2, -0.15) is 0 Å². The van der Waals surface area contributed by atoms with E-state index >= 15 is 0 Å². The van der Waals surface area contributed by atoms with Crippen LogP contribution in [0.25, 0.3) is 194 Å². The highest BCUT2D eigenvalue weighted by atomic mass is 15.3. The second-order valence-electron chi connectivity index (χ2n) is 25.9. The Kier molecular flexibility index (Phi) is 13.4. The Labute approximate surface area is 580 Å². The van der Waals surface area contributed by atoms with Crippen LogP contribution in [-0.4, -0.2) is 43.8 Å². The molecule has 0 radical (unpaired) electrons. The SMILES string of the molecule is c1ccc(-n2c(-c3ccc4c5ccccc5n(-c5ccc(-c6nc(-c7ccc(-c8ccc9ccccc9c8)cc7)c7ccccc7n6)cc5)c4c3)nnc2-c2ccc3c4ccccc4n(-c4ccc(-c5nc(-c6ccc(-c7ccc8ccccc8c7)cc6)c6ccccc6n5)cc4)c3c2)cc1. The monoisotopic (exact) mass is 1290 g/mol. The minimum absolute atomic E-state index is 0.665. The normalized spacial score (nSPS) is 11.8. The largest absolute Gasteiger partial charge is 0.309 e. The lowest BCUT2D eigenvalue weighted by Gasteiger charge is -2.13. The lowest BCUT2D eigenvalue weighted by Crippen LogP contribution is -2.01. The maximum atomic E-state index is 5.32. The van der Waals surface area contributed by atoms with Crippen molar-refractivity contribution in [3.8, 4) is 107 Å². The first-order valence-corrected chi connectivity index (χ1v) is 34.1. The zero-order valence-electron chi connectivity index (χ0n) is 54.4. The van der Waals surface area contributed by atoms with Gasteiger partial charge in [0.2, 0.25) is 0 Å². The molecule has 20 aromatic rings. The number of para-hydroxylation sites is 5. The Bertz CT molecular complexity index is 6280. The molecule has 5 aromatic heterocycles. The zero-order chi connectivity index (χ0) is 66.5. The van der Waals surface area contributed by atoms with E-state index in [2.05, 4.69) is 341 Å². The molecule has 0 N–H and O–H groups in total. The van der Waals surface area contributed by atoms with E-state index in [0.717, 1.165) is 150 Å². The summed E-state index contributed by atoms with van der Waals surface area (Å²) in [5.41, 5.74) is 21.3. The highest BCUT2D eigenvalue weighted by molar-refractivity contribution is 6.12. The van der Waals surface area contributed by atoms with Crippen LogP contribution in [0.5, 0.6) is 0 Å². The molecule has 0 atom stereocenters. The molecular weight excluding hydrogens is 1230 g/mol. The molecule has 0 spiro atoms. The van der Waals surface area contributed by atoms with E-state index in [4.69, 9.17) is 30.1 Å². The minimum Gasteiger partial charge on any atom is -0.309 e. The number of hydrogen-bond acceptors (Lipinski definition) is 6. The molecule has 20 rings (SSSR count). The van der Waals surface area contributed by atoms with E-state index < -0.39 is 0 Å². The second-order valence-corrected chi connectivity index (χ2v) is 25.9. The fourth-order valence-electron chi connectivity index (χ4n) is 15.0. The van der Waals surface area contributed by atoms with Crippen molar-refractivity contribution < 1.29 is 0 Å². The van der Waals surface area contributed by atoms with Gasteiger partial charge in [0.1, 0.15) is 0 Å². The Balaban J connectivity index is 0.645. The smallest absolute Gasteiger partial charge is 0.168 e. The van der Waals surface area contributed by atoms with E-state index in [1.165, 1.54) is 32.7 Å². The zero-order valence-corrected chi connectivity index (χ0v) is 54.4. The number of aromatic nitrogens is 9. The fraction of sp³-hybridized carbons (Fsp3) is 0. The summed E-state index contributed by atoms with van der Waals surface area (Å²) in [6.07, 6.45) is 0. The molecule has 0 amide bonds. The number of nitrogens with zero attached hydrogens (tertiary/aromatic N) is 9. The van der Waals surface area contributed by atoms with Crippen LogP contribution in [0.1, 0.15) is 0 Å². The maximum absolute atomic E-state index is 5.32. The van der Waals surface area contributed by atoms with Gasteiger partial charge in [-0.25, -0.2) is 19.9 Å². The molecule has 9 heteroatoms. The first-order valence-electron chi connectivity index (χ1n) is 34.1. The van der Waals surface area contributed by atoms with Crippen LogP contribution in [0.15, 0.2) is 346 Å². The highest BCUT2D eigenvalue weighted by Crippen LogP contribution is 2.41. The van der Waals surface area contributed by atoms with Gasteiger partial charge in [0, 0.05) is 82.8 Å². The maximum Gasteiger partial charge on any atom is 0.168 e. The summed E-state index contributed by atoms with van der Waals surface area (Å²) in [5, 5.41) is 21.7. The molecule has 470 valence electrons. The standard InChI is InChI=1S/C92H57N9/c1-2-20-72(21-3-1)101-91(70-46-52-77-75-22-10-14-28-83(75)99(85(77)56-70)73-48-42-64(43-49-73)89-93-81-26-12-8-24-79(81)87(95-89)62-36-30-60(31-37-62)68-40-34-58-16-4-6-18-66(58)54-68)97-98-92(101)71-47-53-78-76-23-11-15-29-84(76)100(86(78)57-71)74-50-44-65(45-51-74)90-94-82-27-13-9-25-80(82)88(96-90)63-38-32-61(33-39-63)69-41-35-59-17-5-7-19-67(59)55-69/h1-57H. The molecule has 0 fully saturated rings. The highest BCUT2D eigenvalue weighted by Gasteiger charge is 2.23. The summed E-state index contributed by atoms with van der Waals surface area (Å²) in [6.45, 7) is 0. The average molecular weight is 1290 g/mol. The van der Waals surface area contributed by atoms with Gasteiger partial charge in [-0.15, -0.1) is 10.2 Å². The lowest BCUT2D eigenvalue weighted by molar-refractivity contribution is 1.07. The van der Waals surface area contributed by atoms with Crippen LogP contribution in [0, 0.1) is 0 Å². The second kappa shape index (κ2) is 23.5. The quantitative estimate of drug-likeness (QED) is 0.128. The molecule has 0 saturated carbocycles. The number of hydrogen-bond donors (Lipinski definition) is 0. The van der Waals surface area contributed by atoms with Crippen LogP contribution in [0.3, 0.4) is 0 Å². The van der Waals surface area contributed by atoms with E-state index in [0.29, 0.717) is 11.6 Å². The van der Waals surface area contributed by atoms with E-state index in [-0.39, 0.29) is 0 Å². The van der Waals surface area contributed by atoms with Gasteiger partial charge in [0.15, 0.2) is 23.3 Å². The van der Waals surface area contributed by atoms with Gasteiger partial charge in [0.25, 0.3) is 0 Å². The van der Waals surface area contributed by atoms with E-state index in [1.807, 2.05) is 18.2 Å². The van der Waals surface area contributed by atoms with Gasteiger partial charge >= 0.3 is 0 Å². The topological polar surface area (TPSA) is 92.1 Å². The molecule has 9 nitrogen and oxygen atoms in total. The summed E-state index contributed by atoms with van der Waals surface area (Å²) in [6, 6.07) is 123. The molecule has 15 aromatic carbocycles. The van der Waals surface area contributed by atoms with Crippen molar-refractivity contribution in [2.75, 3.05) is 0 Å². The van der Waals surface area contributed by atoms with Crippen LogP contribution in [-0.2, 0) is 0 Å². The summed E-state index contributed by atoms with van der Waals surface area (Å²) in [7, 11) is 0. The van der Waals surface area contributed by atoms with Gasteiger partial charge in [-0.1, -0.05) is 237 Å². The first kappa shape index (κ1) is 57.5. The number of benzene rings is 15. The van der Waals surface area contributed by atoms with Crippen molar-refractivity contribution in [3.63, 3.8) is 0 Å². The Morgan fingerprint density at radius 1 is 0.188 bits per heavy atom. The average Bonchev–Trinajstić information content (AvgIpc) is 1.62. The van der Waals surface area contributed by atoms with Crippen LogP contribution in [0.2, 0.25) is 0 Å². The van der Waals surface area contributed by atoms with Crippen molar-refractivity contribution in [2.45, 2.75) is 0 Å². The number of rotatable bonds is 11. The third-order valence-corrected chi connectivity index (χ3v) is 20.0. The predicted molar refractivity (Wildman–Crippen MR) is 415 cm³/mol. The van der Waals surface area contributed by atoms with Crippen LogP contribution in [0.4, 0.5) is 0 Å².